The number of nitrogens with zero attached hydrogens (tertiary/aromatic N) is 2. The van der Waals surface area contributed by atoms with E-state index < -0.39 is 23.7 Å². The van der Waals surface area contributed by atoms with Gasteiger partial charge in [-0.25, -0.2) is 9.29 Å². The molecule has 0 unspecified atom stereocenters. The number of imide groups is 1. The predicted octanol–water partition coefficient (Wildman–Crippen LogP) is 1.49. The summed E-state index contributed by atoms with van der Waals surface area (Å²) in [4.78, 5) is 39.4. The Kier molecular flexibility index (Phi) is 4.62. The number of hydrogen-bond acceptors (Lipinski definition) is 4. The highest BCUT2D eigenvalue weighted by atomic mass is 19.1. The molecule has 0 saturated carbocycles. The van der Waals surface area contributed by atoms with Crippen molar-refractivity contribution in [2.75, 3.05) is 18.1 Å². The van der Waals surface area contributed by atoms with E-state index >= 15 is 0 Å². The minimum absolute atomic E-state index is 0.0670. The minimum atomic E-state index is -0.829. The monoisotopic (exact) mass is 334 g/mol. The molecule has 2 atom stereocenters. The fraction of sp³-hybridized carbons (Fsp3) is 0.471. The van der Waals surface area contributed by atoms with Crippen LogP contribution in [0.25, 0.3) is 0 Å². The predicted molar refractivity (Wildman–Crippen MR) is 83.7 cm³/mol. The summed E-state index contributed by atoms with van der Waals surface area (Å²) in [5.74, 6) is -1.56. The van der Waals surface area contributed by atoms with Crippen LogP contribution in [0.3, 0.4) is 0 Å². The molecule has 0 aliphatic carbocycles. The molecule has 3 rings (SSSR count). The van der Waals surface area contributed by atoms with Crippen molar-refractivity contribution < 1.29 is 23.5 Å². The molecule has 2 fully saturated rings. The molecule has 3 amide bonds. The van der Waals surface area contributed by atoms with Gasteiger partial charge in [-0.15, -0.1) is 0 Å². The summed E-state index contributed by atoms with van der Waals surface area (Å²) in [6.45, 7) is 2.33. The van der Waals surface area contributed by atoms with Gasteiger partial charge in [0.1, 0.15) is 11.9 Å². The molecule has 2 heterocycles. The van der Waals surface area contributed by atoms with Crippen LogP contribution in [0.1, 0.15) is 26.2 Å². The molecule has 0 spiro atoms. The maximum absolute atomic E-state index is 13.1. The number of ether oxygens (including phenoxy) is 1. The van der Waals surface area contributed by atoms with E-state index in [4.69, 9.17) is 4.74 Å². The van der Waals surface area contributed by atoms with Gasteiger partial charge in [0, 0.05) is 20.1 Å². The lowest BCUT2D eigenvalue weighted by atomic mass is 10.1. The van der Waals surface area contributed by atoms with Crippen LogP contribution in [0.4, 0.5) is 10.1 Å². The Labute approximate surface area is 139 Å². The molecule has 2 aliphatic rings. The Hall–Kier alpha value is -2.28. The maximum Gasteiger partial charge on any atom is 0.257 e. The van der Waals surface area contributed by atoms with Crippen molar-refractivity contribution >= 4 is 23.4 Å². The van der Waals surface area contributed by atoms with Crippen molar-refractivity contribution in [1.29, 1.82) is 0 Å². The van der Waals surface area contributed by atoms with Gasteiger partial charge in [0.15, 0.2) is 0 Å². The third kappa shape index (κ3) is 3.17. The summed E-state index contributed by atoms with van der Waals surface area (Å²) >= 11 is 0. The van der Waals surface area contributed by atoms with E-state index in [2.05, 4.69) is 0 Å². The number of hydrogen-bond donors (Lipinski definition) is 0. The van der Waals surface area contributed by atoms with E-state index in [0.29, 0.717) is 18.8 Å². The molecule has 24 heavy (non-hydrogen) atoms. The van der Waals surface area contributed by atoms with Crippen LogP contribution in [-0.4, -0.2) is 47.9 Å². The highest BCUT2D eigenvalue weighted by Gasteiger charge is 2.44. The first kappa shape index (κ1) is 16.6. The van der Waals surface area contributed by atoms with Crippen LogP contribution in [0.15, 0.2) is 24.3 Å². The van der Waals surface area contributed by atoms with Crippen LogP contribution < -0.4 is 4.90 Å². The summed E-state index contributed by atoms with van der Waals surface area (Å²) in [5, 5.41) is 0. The maximum atomic E-state index is 13.1. The van der Waals surface area contributed by atoms with E-state index in [-0.39, 0.29) is 18.4 Å². The summed E-state index contributed by atoms with van der Waals surface area (Å²) in [6.07, 6.45) is 1.59. The van der Waals surface area contributed by atoms with Gasteiger partial charge in [0.2, 0.25) is 11.8 Å². The fourth-order valence-corrected chi connectivity index (χ4v) is 3.20. The van der Waals surface area contributed by atoms with Crippen molar-refractivity contribution in [2.45, 2.75) is 38.3 Å². The average molecular weight is 334 g/mol. The zero-order valence-corrected chi connectivity index (χ0v) is 13.4. The fourth-order valence-electron chi connectivity index (χ4n) is 3.20. The van der Waals surface area contributed by atoms with Gasteiger partial charge in [0.05, 0.1) is 18.2 Å². The van der Waals surface area contributed by atoms with Crippen LogP contribution >= 0.6 is 0 Å². The van der Waals surface area contributed by atoms with Crippen molar-refractivity contribution in [3.63, 3.8) is 0 Å². The lowest BCUT2D eigenvalue weighted by Gasteiger charge is -2.28. The number of carbonyl (C=O) groups excluding carboxylic acids is 3. The third-order valence-corrected chi connectivity index (χ3v) is 4.41. The van der Waals surface area contributed by atoms with E-state index in [9.17, 15) is 18.8 Å². The smallest absolute Gasteiger partial charge is 0.257 e. The second kappa shape index (κ2) is 6.68. The van der Waals surface area contributed by atoms with Gasteiger partial charge in [-0.3, -0.25) is 14.4 Å². The molecule has 7 heteroatoms. The SMILES string of the molecule is CC(=O)N(C[C@H]1CCCO1)[C@@H]1CC(=O)N(c2ccc(F)cc2)C1=O. The second-order valence-electron chi connectivity index (χ2n) is 6.07. The standard InChI is InChI=1S/C17H19FN2O4/c1-11(21)19(10-14-3-2-8-24-14)15-9-16(22)20(17(15)23)13-6-4-12(18)5-7-13/h4-7,14-15H,2-3,8-10H2,1H3/t14-,15-/m1/s1. The van der Waals surface area contributed by atoms with Gasteiger partial charge in [-0.05, 0) is 37.1 Å². The van der Waals surface area contributed by atoms with Gasteiger partial charge >= 0.3 is 0 Å². The van der Waals surface area contributed by atoms with Crippen LogP contribution in [0, 0.1) is 5.82 Å². The summed E-state index contributed by atoms with van der Waals surface area (Å²) in [7, 11) is 0. The third-order valence-electron chi connectivity index (χ3n) is 4.41. The molecule has 0 aromatic heterocycles. The van der Waals surface area contributed by atoms with Gasteiger partial charge in [0.25, 0.3) is 5.91 Å². The largest absolute Gasteiger partial charge is 0.376 e. The zero-order valence-electron chi connectivity index (χ0n) is 13.4. The Morgan fingerprint density at radius 2 is 2.04 bits per heavy atom. The Bertz CT molecular complexity index is 655. The van der Waals surface area contributed by atoms with E-state index in [1.165, 1.54) is 36.1 Å². The van der Waals surface area contributed by atoms with Crippen molar-refractivity contribution in [3.8, 4) is 0 Å². The first-order chi connectivity index (χ1) is 11.5. The Balaban J connectivity index is 1.80. The summed E-state index contributed by atoms with van der Waals surface area (Å²) in [6, 6.07) is 4.32. The first-order valence-corrected chi connectivity index (χ1v) is 7.98. The van der Waals surface area contributed by atoms with Crippen molar-refractivity contribution in [2.24, 2.45) is 0 Å². The van der Waals surface area contributed by atoms with E-state index in [1.807, 2.05) is 0 Å². The summed E-state index contributed by atoms with van der Waals surface area (Å²) in [5.41, 5.74) is 0.314. The first-order valence-electron chi connectivity index (χ1n) is 7.98. The lowest BCUT2D eigenvalue weighted by Crippen LogP contribution is -2.47. The molecule has 2 saturated heterocycles. The Morgan fingerprint density at radius 1 is 1.33 bits per heavy atom. The van der Waals surface area contributed by atoms with Gasteiger partial charge in [-0.1, -0.05) is 0 Å². The molecule has 0 radical (unpaired) electrons. The van der Waals surface area contributed by atoms with Crippen LogP contribution in [-0.2, 0) is 19.1 Å². The topological polar surface area (TPSA) is 66.9 Å². The highest BCUT2D eigenvalue weighted by molar-refractivity contribution is 6.22. The number of carbonyl (C=O) groups is 3. The quantitative estimate of drug-likeness (QED) is 0.783. The van der Waals surface area contributed by atoms with Crippen molar-refractivity contribution in [3.05, 3.63) is 30.1 Å². The van der Waals surface area contributed by atoms with Gasteiger partial charge < -0.3 is 9.64 Å². The van der Waals surface area contributed by atoms with E-state index in [1.54, 1.807) is 0 Å². The van der Waals surface area contributed by atoms with E-state index in [0.717, 1.165) is 17.7 Å². The minimum Gasteiger partial charge on any atom is -0.376 e. The molecule has 128 valence electrons. The molecule has 0 N–H and O–H groups in total. The normalized spacial score (nSPS) is 23.8. The molecule has 1 aromatic rings. The van der Waals surface area contributed by atoms with Crippen molar-refractivity contribution in [1.82, 2.24) is 4.90 Å². The number of rotatable bonds is 4. The zero-order chi connectivity index (χ0) is 17.3. The van der Waals surface area contributed by atoms with Crippen LogP contribution in [0.5, 0.6) is 0 Å². The highest BCUT2D eigenvalue weighted by Crippen LogP contribution is 2.27. The molecule has 6 nitrogen and oxygen atoms in total. The Morgan fingerprint density at radius 3 is 2.62 bits per heavy atom. The van der Waals surface area contributed by atoms with Crippen LogP contribution in [0.2, 0.25) is 0 Å². The number of benzene rings is 1. The van der Waals surface area contributed by atoms with Gasteiger partial charge in [-0.2, -0.15) is 0 Å². The molecule has 0 bridgehead atoms. The molecular formula is C17H19FN2O4. The lowest BCUT2D eigenvalue weighted by molar-refractivity contribution is -0.138. The number of anilines is 1. The summed E-state index contributed by atoms with van der Waals surface area (Å²) < 4.78 is 18.6. The molecular weight excluding hydrogens is 315 g/mol. The average Bonchev–Trinajstić information content (AvgIpc) is 3.14. The number of amides is 3. The molecule has 2 aliphatic heterocycles. The molecule has 1 aromatic carbocycles. The number of halogens is 1. The second-order valence-corrected chi connectivity index (χ2v) is 6.07.